The van der Waals surface area contributed by atoms with Crippen LogP contribution in [0.1, 0.15) is 27.2 Å². The van der Waals surface area contributed by atoms with Crippen molar-refractivity contribution >= 4 is 23.5 Å². The molecule has 2 N–H and O–H groups in total. The van der Waals surface area contributed by atoms with E-state index in [0.29, 0.717) is 5.95 Å². The van der Waals surface area contributed by atoms with Crippen molar-refractivity contribution in [3.63, 3.8) is 0 Å². The molecule has 6 heteroatoms. The highest BCUT2D eigenvalue weighted by Crippen LogP contribution is 2.14. The maximum Gasteiger partial charge on any atom is 0.224 e. The van der Waals surface area contributed by atoms with Gasteiger partial charge in [-0.15, -0.1) is 0 Å². The van der Waals surface area contributed by atoms with E-state index in [4.69, 9.17) is 0 Å². The van der Waals surface area contributed by atoms with E-state index in [1.54, 1.807) is 0 Å². The first-order valence-electron chi connectivity index (χ1n) is 6.28. The Balaban J connectivity index is 2.62. The minimum atomic E-state index is -0.412. The van der Waals surface area contributed by atoms with Crippen molar-refractivity contribution in [1.82, 2.24) is 9.97 Å². The van der Waals surface area contributed by atoms with Gasteiger partial charge in [-0.2, -0.15) is 16.7 Å². The standard InChI is InChI=1S/C12H21FN4S/c1-4-6-14-12-15-7-10(13)11(17-12)16-9(3)8-18-5-2/h7,9H,4-6,8H2,1-3H3,(H2,14,15,16,17). The van der Waals surface area contributed by atoms with Crippen LogP contribution in [0.2, 0.25) is 0 Å². The number of nitrogens with one attached hydrogen (secondary N) is 2. The van der Waals surface area contributed by atoms with Gasteiger partial charge in [0.2, 0.25) is 5.95 Å². The van der Waals surface area contributed by atoms with Crippen molar-refractivity contribution in [3.8, 4) is 0 Å². The Morgan fingerprint density at radius 2 is 2.22 bits per heavy atom. The van der Waals surface area contributed by atoms with E-state index in [2.05, 4.69) is 34.4 Å². The van der Waals surface area contributed by atoms with Crippen LogP contribution in [-0.2, 0) is 0 Å². The largest absolute Gasteiger partial charge is 0.364 e. The van der Waals surface area contributed by atoms with E-state index < -0.39 is 5.82 Å². The molecule has 0 aliphatic heterocycles. The van der Waals surface area contributed by atoms with Crippen LogP contribution in [0.5, 0.6) is 0 Å². The minimum absolute atomic E-state index is 0.179. The summed E-state index contributed by atoms with van der Waals surface area (Å²) in [4.78, 5) is 8.04. The first-order chi connectivity index (χ1) is 8.67. The molecule has 1 unspecified atom stereocenters. The Hall–Kier alpha value is -1.04. The van der Waals surface area contributed by atoms with Gasteiger partial charge in [0.25, 0.3) is 0 Å². The maximum absolute atomic E-state index is 13.6. The van der Waals surface area contributed by atoms with Crippen molar-refractivity contribution in [2.24, 2.45) is 0 Å². The summed E-state index contributed by atoms with van der Waals surface area (Å²) in [5, 5.41) is 6.12. The molecule has 0 aliphatic rings. The molecule has 0 aliphatic carbocycles. The fourth-order valence-electron chi connectivity index (χ4n) is 1.36. The van der Waals surface area contributed by atoms with E-state index in [0.717, 1.165) is 24.5 Å². The Morgan fingerprint density at radius 3 is 2.89 bits per heavy atom. The maximum atomic E-state index is 13.6. The lowest BCUT2D eigenvalue weighted by Gasteiger charge is -2.14. The lowest BCUT2D eigenvalue weighted by atomic mass is 10.4. The summed E-state index contributed by atoms with van der Waals surface area (Å²) in [6, 6.07) is 0.179. The second-order valence-corrected chi connectivity index (χ2v) is 5.34. The van der Waals surface area contributed by atoms with Gasteiger partial charge in [-0.25, -0.2) is 9.37 Å². The van der Waals surface area contributed by atoms with Crippen LogP contribution in [0.15, 0.2) is 6.20 Å². The fourth-order valence-corrected chi connectivity index (χ4v) is 2.03. The third kappa shape index (κ3) is 5.08. The van der Waals surface area contributed by atoms with Gasteiger partial charge in [-0.1, -0.05) is 13.8 Å². The Kier molecular flexibility index (Phi) is 6.78. The number of nitrogens with zero attached hydrogens (tertiary/aromatic N) is 2. The molecule has 0 saturated heterocycles. The molecule has 0 amide bonds. The zero-order valence-corrected chi connectivity index (χ0v) is 12.0. The van der Waals surface area contributed by atoms with Gasteiger partial charge in [0.15, 0.2) is 11.6 Å². The molecule has 1 heterocycles. The summed E-state index contributed by atoms with van der Waals surface area (Å²) in [7, 11) is 0. The Labute approximate surface area is 112 Å². The lowest BCUT2D eigenvalue weighted by Crippen LogP contribution is -2.20. The average Bonchev–Trinajstić information content (AvgIpc) is 2.37. The average molecular weight is 272 g/mol. The summed E-state index contributed by atoms with van der Waals surface area (Å²) in [6.45, 7) is 6.96. The van der Waals surface area contributed by atoms with Crippen LogP contribution in [-0.4, -0.2) is 34.1 Å². The van der Waals surface area contributed by atoms with Crippen molar-refractivity contribution < 1.29 is 4.39 Å². The molecule has 1 aromatic heterocycles. The molecule has 0 radical (unpaired) electrons. The molecular formula is C12H21FN4S. The number of aromatic nitrogens is 2. The second-order valence-electron chi connectivity index (χ2n) is 4.02. The fraction of sp³-hybridized carbons (Fsp3) is 0.667. The zero-order chi connectivity index (χ0) is 13.4. The van der Waals surface area contributed by atoms with Crippen LogP contribution in [0.3, 0.4) is 0 Å². The predicted octanol–water partition coefficient (Wildman–Crippen LogP) is 2.99. The van der Waals surface area contributed by atoms with E-state index >= 15 is 0 Å². The molecule has 0 spiro atoms. The van der Waals surface area contributed by atoms with Gasteiger partial charge < -0.3 is 10.6 Å². The monoisotopic (exact) mass is 272 g/mol. The number of anilines is 2. The SMILES string of the molecule is CCCNc1ncc(F)c(NC(C)CSCC)n1. The van der Waals surface area contributed by atoms with E-state index in [1.807, 2.05) is 18.7 Å². The molecule has 1 atom stereocenters. The summed E-state index contributed by atoms with van der Waals surface area (Å²) in [5.41, 5.74) is 0. The molecule has 0 saturated carbocycles. The molecule has 1 rings (SSSR count). The van der Waals surface area contributed by atoms with E-state index in [1.165, 1.54) is 6.20 Å². The number of thioether (sulfide) groups is 1. The summed E-state index contributed by atoms with van der Waals surface area (Å²) in [6.07, 6.45) is 2.18. The van der Waals surface area contributed by atoms with Gasteiger partial charge in [-0.05, 0) is 19.1 Å². The summed E-state index contributed by atoms with van der Waals surface area (Å²) < 4.78 is 13.6. The summed E-state index contributed by atoms with van der Waals surface area (Å²) in [5.74, 6) is 2.31. The number of rotatable bonds is 8. The molecule has 0 bridgehead atoms. The van der Waals surface area contributed by atoms with Gasteiger partial charge in [0, 0.05) is 18.3 Å². The van der Waals surface area contributed by atoms with Gasteiger partial charge in [0.05, 0.1) is 6.20 Å². The molecule has 18 heavy (non-hydrogen) atoms. The number of hydrogen-bond acceptors (Lipinski definition) is 5. The smallest absolute Gasteiger partial charge is 0.224 e. The third-order valence-electron chi connectivity index (χ3n) is 2.23. The van der Waals surface area contributed by atoms with Crippen LogP contribution in [0.4, 0.5) is 16.2 Å². The normalized spacial score (nSPS) is 12.2. The molecule has 0 fully saturated rings. The molecule has 102 valence electrons. The lowest BCUT2D eigenvalue weighted by molar-refractivity contribution is 0.615. The van der Waals surface area contributed by atoms with Crippen molar-refractivity contribution in [3.05, 3.63) is 12.0 Å². The first kappa shape index (κ1) is 15.0. The first-order valence-corrected chi connectivity index (χ1v) is 7.43. The van der Waals surface area contributed by atoms with E-state index in [-0.39, 0.29) is 11.9 Å². The van der Waals surface area contributed by atoms with Crippen LogP contribution < -0.4 is 10.6 Å². The van der Waals surface area contributed by atoms with Crippen molar-refractivity contribution in [2.45, 2.75) is 33.2 Å². The topological polar surface area (TPSA) is 49.8 Å². The molecule has 4 nitrogen and oxygen atoms in total. The highest BCUT2D eigenvalue weighted by Gasteiger charge is 2.09. The Morgan fingerprint density at radius 1 is 1.44 bits per heavy atom. The van der Waals surface area contributed by atoms with E-state index in [9.17, 15) is 4.39 Å². The molecule has 1 aromatic rings. The predicted molar refractivity (Wildman–Crippen MR) is 76.9 cm³/mol. The molecular weight excluding hydrogens is 251 g/mol. The zero-order valence-electron chi connectivity index (χ0n) is 11.2. The second kappa shape index (κ2) is 8.13. The minimum Gasteiger partial charge on any atom is -0.364 e. The van der Waals surface area contributed by atoms with Gasteiger partial charge >= 0.3 is 0 Å². The third-order valence-corrected chi connectivity index (χ3v) is 3.38. The van der Waals surface area contributed by atoms with Gasteiger partial charge in [-0.3, -0.25) is 0 Å². The quantitative estimate of drug-likeness (QED) is 0.762. The van der Waals surface area contributed by atoms with Crippen LogP contribution in [0, 0.1) is 5.82 Å². The molecule has 0 aromatic carbocycles. The highest BCUT2D eigenvalue weighted by atomic mass is 32.2. The van der Waals surface area contributed by atoms with Gasteiger partial charge in [0.1, 0.15) is 0 Å². The summed E-state index contributed by atoms with van der Waals surface area (Å²) >= 11 is 1.82. The van der Waals surface area contributed by atoms with Crippen LogP contribution >= 0.6 is 11.8 Å². The van der Waals surface area contributed by atoms with Crippen molar-refractivity contribution in [2.75, 3.05) is 28.7 Å². The highest BCUT2D eigenvalue weighted by molar-refractivity contribution is 7.99. The van der Waals surface area contributed by atoms with Crippen LogP contribution in [0.25, 0.3) is 0 Å². The Bertz CT molecular complexity index is 362. The number of halogens is 1. The number of hydrogen-bond donors (Lipinski definition) is 2. The van der Waals surface area contributed by atoms with Crippen molar-refractivity contribution in [1.29, 1.82) is 0 Å².